The van der Waals surface area contributed by atoms with E-state index >= 15 is 0 Å². The lowest BCUT2D eigenvalue weighted by molar-refractivity contribution is -0.133. The van der Waals surface area contributed by atoms with Crippen LogP contribution in [0, 0.1) is 0 Å². The Morgan fingerprint density at radius 1 is 1.42 bits per heavy atom. The highest BCUT2D eigenvalue weighted by atomic mass is 32.2. The molecule has 0 aromatic carbocycles. The molecule has 0 aromatic rings. The Hall–Kier alpha value is -0.660. The van der Waals surface area contributed by atoms with E-state index in [1.807, 2.05) is 25.9 Å². The van der Waals surface area contributed by atoms with E-state index in [2.05, 4.69) is 5.32 Å². The number of nitrogens with one attached hydrogen (secondary N) is 1. The normalized spacial score (nSPS) is 21.8. The molecule has 1 N–H and O–H groups in total. The first-order valence-corrected chi connectivity index (χ1v) is 8.54. The summed E-state index contributed by atoms with van der Waals surface area (Å²) < 4.78 is 23.0. The summed E-state index contributed by atoms with van der Waals surface area (Å²) in [6, 6.07) is -0.139. The zero-order valence-corrected chi connectivity index (χ0v) is 12.9. The molecule has 0 saturated carbocycles. The van der Waals surface area contributed by atoms with Gasteiger partial charge in [-0.05, 0) is 27.4 Å². The van der Waals surface area contributed by atoms with Gasteiger partial charge >= 0.3 is 0 Å². The van der Waals surface area contributed by atoms with Crippen molar-refractivity contribution in [2.75, 3.05) is 51.8 Å². The van der Waals surface area contributed by atoms with Crippen molar-refractivity contribution in [3.8, 4) is 0 Å². The fourth-order valence-corrected chi connectivity index (χ4v) is 4.09. The van der Waals surface area contributed by atoms with Gasteiger partial charge in [0.25, 0.3) is 0 Å². The van der Waals surface area contributed by atoms with Crippen LogP contribution in [0.4, 0.5) is 0 Å². The molecule has 6 nitrogen and oxygen atoms in total. The van der Waals surface area contributed by atoms with Crippen molar-refractivity contribution in [2.24, 2.45) is 0 Å². The molecule has 112 valence electrons. The van der Waals surface area contributed by atoms with Crippen LogP contribution >= 0.6 is 0 Å². The van der Waals surface area contributed by atoms with E-state index in [0.29, 0.717) is 19.5 Å². The summed E-state index contributed by atoms with van der Waals surface area (Å²) in [6.07, 6.45) is 0.572. The van der Waals surface area contributed by atoms with Crippen LogP contribution in [0.5, 0.6) is 0 Å². The molecule has 1 aliphatic rings. The second-order valence-corrected chi connectivity index (χ2v) is 7.31. The molecule has 0 spiro atoms. The molecule has 1 rings (SSSR count). The van der Waals surface area contributed by atoms with Crippen LogP contribution in [-0.4, -0.2) is 81.9 Å². The average Bonchev–Trinajstić information content (AvgIpc) is 2.67. The molecule has 0 aliphatic carbocycles. The molecule has 1 aliphatic heterocycles. The monoisotopic (exact) mass is 291 g/mol. The number of sulfone groups is 1. The van der Waals surface area contributed by atoms with Crippen molar-refractivity contribution in [1.82, 2.24) is 15.1 Å². The molecule has 7 heteroatoms. The first kappa shape index (κ1) is 16.4. The summed E-state index contributed by atoms with van der Waals surface area (Å²) in [5.74, 6) is 0.340. The smallest absolute Gasteiger partial charge is 0.237 e. The van der Waals surface area contributed by atoms with Crippen molar-refractivity contribution in [2.45, 2.75) is 19.4 Å². The number of rotatable bonds is 7. The van der Waals surface area contributed by atoms with Crippen molar-refractivity contribution in [1.29, 1.82) is 0 Å². The van der Waals surface area contributed by atoms with Crippen LogP contribution < -0.4 is 5.32 Å². The van der Waals surface area contributed by atoms with Gasteiger partial charge in [0, 0.05) is 25.7 Å². The Morgan fingerprint density at radius 2 is 2.11 bits per heavy atom. The minimum absolute atomic E-state index is 0.0169. The summed E-state index contributed by atoms with van der Waals surface area (Å²) in [5.41, 5.74) is 0. The standard InChI is InChI=1S/C12H25N3O3S/c1-4-15(11-5-8-19(17,18)10-11)12(16)9-14(3)7-6-13-2/h11,13H,4-10H2,1-3H3. The number of nitrogens with zero attached hydrogens (tertiary/aromatic N) is 2. The van der Waals surface area contributed by atoms with Crippen LogP contribution in [0.25, 0.3) is 0 Å². The molecule has 0 bridgehead atoms. The Kier molecular flexibility index (Phi) is 6.22. The zero-order valence-electron chi connectivity index (χ0n) is 12.1. The highest BCUT2D eigenvalue weighted by Gasteiger charge is 2.33. The second kappa shape index (κ2) is 7.21. The van der Waals surface area contributed by atoms with Crippen molar-refractivity contribution < 1.29 is 13.2 Å². The summed E-state index contributed by atoms with van der Waals surface area (Å²) in [6.45, 7) is 4.43. The number of likely N-dealkylation sites (N-methyl/N-ethyl adjacent to an activating group) is 3. The Morgan fingerprint density at radius 3 is 2.58 bits per heavy atom. The third-order valence-electron chi connectivity index (χ3n) is 3.46. The van der Waals surface area contributed by atoms with E-state index in [4.69, 9.17) is 0 Å². The fraction of sp³-hybridized carbons (Fsp3) is 0.917. The molecule has 1 atom stereocenters. The maximum absolute atomic E-state index is 12.2. The number of carbonyl (C=O) groups is 1. The predicted octanol–water partition coefficient (Wildman–Crippen LogP) is -0.827. The average molecular weight is 291 g/mol. The molecular formula is C12H25N3O3S. The van der Waals surface area contributed by atoms with Gasteiger partial charge in [0.05, 0.1) is 18.1 Å². The van der Waals surface area contributed by atoms with Gasteiger partial charge in [0.1, 0.15) is 0 Å². The highest BCUT2D eigenvalue weighted by molar-refractivity contribution is 7.91. The number of carbonyl (C=O) groups excluding carboxylic acids is 1. The lowest BCUT2D eigenvalue weighted by atomic mass is 10.2. The van der Waals surface area contributed by atoms with Gasteiger partial charge in [-0.2, -0.15) is 0 Å². The van der Waals surface area contributed by atoms with Crippen molar-refractivity contribution in [3.63, 3.8) is 0 Å². The zero-order chi connectivity index (χ0) is 14.5. The maximum atomic E-state index is 12.2. The minimum atomic E-state index is -2.94. The number of amides is 1. The van der Waals surface area contributed by atoms with Gasteiger partial charge in [-0.25, -0.2) is 8.42 Å². The number of hydrogen-bond acceptors (Lipinski definition) is 5. The Labute approximate surface area is 116 Å². The van der Waals surface area contributed by atoms with Gasteiger partial charge in [0.2, 0.25) is 5.91 Å². The predicted molar refractivity (Wildman–Crippen MR) is 75.9 cm³/mol. The van der Waals surface area contributed by atoms with E-state index in [-0.39, 0.29) is 23.5 Å². The van der Waals surface area contributed by atoms with E-state index in [1.54, 1.807) is 4.90 Å². The van der Waals surface area contributed by atoms with Gasteiger partial charge < -0.3 is 10.2 Å². The van der Waals surface area contributed by atoms with Crippen molar-refractivity contribution in [3.05, 3.63) is 0 Å². The molecule has 1 unspecified atom stereocenters. The van der Waals surface area contributed by atoms with Gasteiger partial charge in [-0.3, -0.25) is 9.69 Å². The minimum Gasteiger partial charge on any atom is -0.338 e. The van der Waals surface area contributed by atoms with Crippen molar-refractivity contribution >= 4 is 15.7 Å². The summed E-state index contributed by atoms with van der Waals surface area (Å²) in [7, 11) is 0.825. The molecule has 19 heavy (non-hydrogen) atoms. The maximum Gasteiger partial charge on any atom is 0.237 e. The molecular weight excluding hydrogens is 266 g/mol. The highest BCUT2D eigenvalue weighted by Crippen LogP contribution is 2.17. The topological polar surface area (TPSA) is 69.7 Å². The Balaban J connectivity index is 2.53. The first-order valence-electron chi connectivity index (χ1n) is 6.72. The van der Waals surface area contributed by atoms with Crippen LogP contribution in [0.15, 0.2) is 0 Å². The van der Waals surface area contributed by atoms with Gasteiger partial charge in [0.15, 0.2) is 9.84 Å². The van der Waals surface area contributed by atoms with Gasteiger partial charge in [-0.15, -0.1) is 0 Å². The molecule has 1 amide bonds. The lowest BCUT2D eigenvalue weighted by Crippen LogP contribution is -2.46. The SMILES string of the molecule is CCN(C(=O)CN(C)CCNC)C1CCS(=O)(=O)C1. The summed E-state index contributed by atoms with van der Waals surface area (Å²) in [5, 5.41) is 3.04. The molecule has 1 heterocycles. The second-order valence-electron chi connectivity index (χ2n) is 5.08. The van der Waals surface area contributed by atoms with Crippen LogP contribution in [0.2, 0.25) is 0 Å². The Bertz CT molecular complexity index is 397. The quantitative estimate of drug-likeness (QED) is 0.663. The third kappa shape index (κ3) is 5.08. The lowest BCUT2D eigenvalue weighted by Gasteiger charge is -2.29. The van der Waals surface area contributed by atoms with E-state index in [0.717, 1.165) is 13.1 Å². The van der Waals surface area contributed by atoms with E-state index in [9.17, 15) is 13.2 Å². The number of hydrogen-bond donors (Lipinski definition) is 1. The molecule has 0 aromatic heterocycles. The van der Waals surface area contributed by atoms with E-state index < -0.39 is 9.84 Å². The first-order chi connectivity index (χ1) is 8.89. The van der Waals surface area contributed by atoms with Crippen LogP contribution in [0.3, 0.4) is 0 Å². The largest absolute Gasteiger partial charge is 0.338 e. The van der Waals surface area contributed by atoms with Crippen LogP contribution in [0.1, 0.15) is 13.3 Å². The fourth-order valence-electron chi connectivity index (χ4n) is 2.36. The van der Waals surface area contributed by atoms with Crippen LogP contribution in [-0.2, 0) is 14.6 Å². The summed E-state index contributed by atoms with van der Waals surface area (Å²) >= 11 is 0. The van der Waals surface area contributed by atoms with E-state index in [1.165, 1.54) is 0 Å². The third-order valence-corrected chi connectivity index (χ3v) is 5.21. The molecule has 0 radical (unpaired) electrons. The molecule has 1 saturated heterocycles. The molecule has 1 fully saturated rings. The van der Waals surface area contributed by atoms with Gasteiger partial charge in [-0.1, -0.05) is 0 Å². The summed E-state index contributed by atoms with van der Waals surface area (Å²) in [4.78, 5) is 15.9.